The Bertz CT molecular complexity index is 867. The molecular weight excluding hydrogens is 328 g/mol. The number of aromatic nitrogens is 2. The van der Waals surface area contributed by atoms with Gasteiger partial charge in [-0.2, -0.15) is 0 Å². The minimum atomic E-state index is -0.241. The van der Waals surface area contributed by atoms with Gasteiger partial charge in [-0.25, -0.2) is 9.78 Å². The van der Waals surface area contributed by atoms with Crippen LogP contribution in [0.2, 0.25) is 0 Å². The van der Waals surface area contributed by atoms with Crippen LogP contribution < -0.4 is 15.4 Å². The number of ether oxygens (including phenoxy) is 1. The van der Waals surface area contributed by atoms with E-state index in [0.717, 1.165) is 41.0 Å². The maximum absolute atomic E-state index is 12.3. The fourth-order valence-corrected chi connectivity index (χ4v) is 2.96. The Labute approximate surface area is 152 Å². The van der Waals surface area contributed by atoms with E-state index in [1.807, 2.05) is 48.5 Å². The van der Waals surface area contributed by atoms with Gasteiger partial charge in [-0.1, -0.05) is 24.3 Å². The number of urea groups is 1. The lowest BCUT2D eigenvalue weighted by Gasteiger charge is -2.17. The molecule has 4 rings (SSSR count). The molecule has 3 N–H and O–H groups in total. The molecule has 2 amide bonds. The molecule has 0 spiro atoms. The molecule has 134 valence electrons. The van der Waals surface area contributed by atoms with Crippen LogP contribution >= 0.6 is 0 Å². The van der Waals surface area contributed by atoms with E-state index < -0.39 is 0 Å². The molecule has 26 heavy (non-hydrogen) atoms. The van der Waals surface area contributed by atoms with E-state index in [9.17, 15) is 4.79 Å². The van der Waals surface area contributed by atoms with E-state index in [-0.39, 0.29) is 12.1 Å². The Hall–Kier alpha value is -3.02. The number of hydrogen-bond acceptors (Lipinski definition) is 3. The lowest BCUT2D eigenvalue weighted by molar-refractivity contribution is 0.236. The molecule has 1 fully saturated rings. The molecule has 1 aromatic heterocycles. The summed E-state index contributed by atoms with van der Waals surface area (Å²) in [5, 5.41) is 6.05. The van der Waals surface area contributed by atoms with Gasteiger partial charge in [-0.3, -0.25) is 0 Å². The molecule has 0 aliphatic heterocycles. The van der Waals surface area contributed by atoms with E-state index in [4.69, 9.17) is 4.74 Å². The summed E-state index contributed by atoms with van der Waals surface area (Å²) in [5.74, 6) is 1.57. The number of nitrogens with zero attached hydrogens (tertiary/aromatic N) is 1. The highest BCUT2D eigenvalue weighted by molar-refractivity contribution is 5.76. The van der Waals surface area contributed by atoms with Gasteiger partial charge in [-0.05, 0) is 49.1 Å². The van der Waals surface area contributed by atoms with Crippen LogP contribution in [0.1, 0.15) is 30.3 Å². The summed E-state index contributed by atoms with van der Waals surface area (Å²) in [4.78, 5) is 20.3. The number of rotatable bonds is 6. The lowest BCUT2D eigenvalue weighted by atomic mass is 10.1. The van der Waals surface area contributed by atoms with Gasteiger partial charge in [0.2, 0.25) is 0 Å². The Morgan fingerprint density at radius 3 is 2.69 bits per heavy atom. The van der Waals surface area contributed by atoms with Crippen molar-refractivity contribution in [2.45, 2.75) is 31.3 Å². The Morgan fingerprint density at radius 2 is 2.00 bits per heavy atom. The van der Waals surface area contributed by atoms with Gasteiger partial charge in [0.15, 0.2) is 0 Å². The number of para-hydroxylation sites is 2. The maximum atomic E-state index is 12.3. The fraction of sp³-hybridized carbons (Fsp3) is 0.300. The van der Waals surface area contributed by atoms with Crippen LogP contribution in [0.25, 0.3) is 11.0 Å². The molecule has 3 aromatic rings. The summed E-state index contributed by atoms with van der Waals surface area (Å²) < 4.78 is 5.22. The SMILES string of the molecule is COc1ccc(CC(NC(=O)NC2CC2)c2nc3ccccc3[nH]2)cc1. The first-order valence-electron chi connectivity index (χ1n) is 8.86. The predicted octanol–water partition coefficient (Wildman–Crippen LogP) is 3.32. The molecule has 0 bridgehead atoms. The first kappa shape index (κ1) is 16.4. The zero-order valence-corrected chi connectivity index (χ0v) is 14.7. The monoisotopic (exact) mass is 350 g/mol. The van der Waals surface area contributed by atoms with Gasteiger partial charge in [0.1, 0.15) is 11.6 Å². The smallest absolute Gasteiger partial charge is 0.315 e. The van der Waals surface area contributed by atoms with Gasteiger partial charge in [0.05, 0.1) is 24.2 Å². The van der Waals surface area contributed by atoms with Gasteiger partial charge in [-0.15, -0.1) is 0 Å². The van der Waals surface area contributed by atoms with Crippen molar-refractivity contribution in [3.8, 4) is 5.75 Å². The van der Waals surface area contributed by atoms with Crippen molar-refractivity contribution in [3.63, 3.8) is 0 Å². The summed E-state index contributed by atoms with van der Waals surface area (Å²) >= 11 is 0. The number of hydrogen-bond donors (Lipinski definition) is 3. The van der Waals surface area contributed by atoms with E-state index in [1.54, 1.807) is 7.11 Å². The van der Waals surface area contributed by atoms with Gasteiger partial charge < -0.3 is 20.4 Å². The third-order valence-electron chi connectivity index (χ3n) is 4.55. The van der Waals surface area contributed by atoms with Crippen LogP contribution in [0.15, 0.2) is 48.5 Å². The highest BCUT2D eigenvalue weighted by Gasteiger charge is 2.25. The van der Waals surface area contributed by atoms with E-state index in [2.05, 4.69) is 20.6 Å². The second kappa shape index (κ2) is 7.07. The number of amides is 2. The third-order valence-corrected chi connectivity index (χ3v) is 4.55. The Morgan fingerprint density at radius 1 is 1.23 bits per heavy atom. The number of aromatic amines is 1. The number of fused-ring (bicyclic) bond motifs is 1. The summed E-state index contributed by atoms with van der Waals surface area (Å²) in [7, 11) is 1.65. The molecule has 1 unspecified atom stereocenters. The molecule has 6 nitrogen and oxygen atoms in total. The van der Waals surface area contributed by atoms with Crippen LogP contribution in [-0.2, 0) is 6.42 Å². The molecule has 1 heterocycles. The molecule has 0 saturated heterocycles. The zero-order chi connectivity index (χ0) is 17.9. The van der Waals surface area contributed by atoms with Gasteiger partial charge >= 0.3 is 6.03 Å². The number of imidazole rings is 1. The molecule has 1 aliphatic rings. The van der Waals surface area contributed by atoms with Gasteiger partial charge in [0, 0.05) is 6.04 Å². The minimum absolute atomic E-state index is 0.147. The summed E-state index contributed by atoms with van der Waals surface area (Å²) in [6.07, 6.45) is 2.75. The third kappa shape index (κ3) is 3.79. The van der Waals surface area contributed by atoms with E-state index >= 15 is 0 Å². The largest absolute Gasteiger partial charge is 0.497 e. The predicted molar refractivity (Wildman–Crippen MR) is 100 cm³/mol. The van der Waals surface area contributed by atoms with Crippen LogP contribution in [-0.4, -0.2) is 29.2 Å². The van der Waals surface area contributed by atoms with Crippen LogP contribution in [0.3, 0.4) is 0 Å². The normalized spacial score (nSPS) is 14.8. The zero-order valence-electron chi connectivity index (χ0n) is 14.7. The molecular formula is C20H22N4O2. The van der Waals surface area contributed by atoms with Crippen molar-refractivity contribution in [3.05, 3.63) is 59.9 Å². The van der Waals surface area contributed by atoms with Gasteiger partial charge in [0.25, 0.3) is 0 Å². The maximum Gasteiger partial charge on any atom is 0.315 e. The second-order valence-corrected chi connectivity index (χ2v) is 6.64. The van der Waals surface area contributed by atoms with Crippen molar-refractivity contribution < 1.29 is 9.53 Å². The average molecular weight is 350 g/mol. The quantitative estimate of drug-likeness (QED) is 0.638. The van der Waals surface area contributed by atoms with Crippen LogP contribution in [0.5, 0.6) is 5.75 Å². The number of nitrogens with one attached hydrogen (secondary N) is 3. The molecule has 2 aromatic carbocycles. The number of H-pyrrole nitrogens is 1. The Kier molecular flexibility index (Phi) is 4.48. The van der Waals surface area contributed by atoms with Crippen molar-refractivity contribution in [1.29, 1.82) is 0 Å². The highest BCUT2D eigenvalue weighted by atomic mass is 16.5. The topological polar surface area (TPSA) is 79.0 Å². The first-order valence-corrected chi connectivity index (χ1v) is 8.86. The Balaban J connectivity index is 1.57. The van der Waals surface area contributed by atoms with Crippen molar-refractivity contribution in [2.75, 3.05) is 7.11 Å². The highest BCUT2D eigenvalue weighted by Crippen LogP contribution is 2.22. The van der Waals surface area contributed by atoms with Crippen molar-refractivity contribution in [1.82, 2.24) is 20.6 Å². The number of carbonyl (C=O) groups excluding carboxylic acids is 1. The minimum Gasteiger partial charge on any atom is -0.497 e. The number of benzene rings is 2. The summed E-state index contributed by atoms with van der Waals surface area (Å²) in [5.41, 5.74) is 2.96. The average Bonchev–Trinajstić information content (AvgIpc) is 3.35. The molecule has 1 aliphatic carbocycles. The lowest BCUT2D eigenvalue weighted by Crippen LogP contribution is -2.40. The van der Waals surface area contributed by atoms with E-state index in [0.29, 0.717) is 12.5 Å². The van der Waals surface area contributed by atoms with Crippen molar-refractivity contribution >= 4 is 17.1 Å². The number of methoxy groups -OCH3 is 1. The summed E-state index contributed by atoms with van der Waals surface area (Å²) in [6.45, 7) is 0. The first-order chi connectivity index (χ1) is 12.7. The molecule has 1 saturated carbocycles. The van der Waals surface area contributed by atoms with Crippen LogP contribution in [0, 0.1) is 0 Å². The summed E-state index contributed by atoms with van der Waals surface area (Å²) in [6, 6.07) is 15.7. The molecule has 1 atom stereocenters. The molecule has 0 radical (unpaired) electrons. The van der Waals surface area contributed by atoms with Crippen LogP contribution in [0.4, 0.5) is 4.79 Å². The molecule has 6 heteroatoms. The van der Waals surface area contributed by atoms with Crippen molar-refractivity contribution in [2.24, 2.45) is 0 Å². The van der Waals surface area contributed by atoms with E-state index in [1.165, 1.54) is 0 Å². The number of carbonyl (C=O) groups is 1. The standard InChI is InChI=1S/C20H22N4O2/c1-26-15-10-6-13(7-11-15)12-18(24-20(25)21-14-8-9-14)19-22-16-4-2-3-5-17(16)23-19/h2-7,10-11,14,18H,8-9,12H2,1H3,(H,22,23)(H2,21,24,25). The second-order valence-electron chi connectivity index (χ2n) is 6.64. The fourth-order valence-electron chi connectivity index (χ4n) is 2.96.